The van der Waals surface area contributed by atoms with Gasteiger partial charge in [0.2, 0.25) is 0 Å². The minimum atomic E-state index is 0.560. The summed E-state index contributed by atoms with van der Waals surface area (Å²) in [6.45, 7) is 0. The zero-order valence-electron chi connectivity index (χ0n) is 12.5. The molecule has 0 aromatic carbocycles. The molecule has 2 heterocycles. The zero-order chi connectivity index (χ0) is 14.2. The number of fused-ring (bicyclic) bond motifs is 3. The number of aromatic nitrogens is 2. The van der Waals surface area contributed by atoms with E-state index in [-0.39, 0.29) is 0 Å². The molecule has 0 radical (unpaired) electrons. The first kappa shape index (κ1) is 13.5. The molecular formula is C16H22N4S. The monoisotopic (exact) mass is 302 g/mol. The molecule has 112 valence electrons. The fourth-order valence-corrected chi connectivity index (χ4v) is 4.99. The third-order valence-corrected chi connectivity index (χ3v) is 6.18. The standard InChI is InChI=1S/C16H22N4S/c1-17-10-5-7-11(8-6-10)20-15-14-12-3-2-4-13(12)21-16(14)19-9-18-15/h9-11,17H,2-8H2,1H3,(H,18,19,20). The molecule has 0 amide bonds. The highest BCUT2D eigenvalue weighted by Gasteiger charge is 2.24. The molecule has 0 bridgehead atoms. The minimum absolute atomic E-state index is 0.560. The molecule has 0 spiro atoms. The Balaban J connectivity index is 1.59. The Hall–Kier alpha value is -1.20. The SMILES string of the molecule is CNC1CCC(Nc2ncnc3sc4c(c23)CCC4)CC1. The van der Waals surface area contributed by atoms with Gasteiger partial charge in [0.25, 0.3) is 0 Å². The lowest BCUT2D eigenvalue weighted by atomic mass is 9.91. The Morgan fingerprint density at radius 2 is 1.90 bits per heavy atom. The van der Waals surface area contributed by atoms with E-state index < -0.39 is 0 Å². The van der Waals surface area contributed by atoms with Gasteiger partial charge in [-0.1, -0.05) is 0 Å². The van der Waals surface area contributed by atoms with E-state index in [1.165, 1.54) is 65.6 Å². The van der Waals surface area contributed by atoms with Crippen molar-refractivity contribution in [3.8, 4) is 0 Å². The van der Waals surface area contributed by atoms with Crippen LogP contribution in [0.3, 0.4) is 0 Å². The molecule has 1 saturated carbocycles. The number of thiophene rings is 1. The third-order valence-electron chi connectivity index (χ3n) is 4.98. The van der Waals surface area contributed by atoms with Gasteiger partial charge in [0.05, 0.1) is 5.39 Å². The van der Waals surface area contributed by atoms with Gasteiger partial charge < -0.3 is 10.6 Å². The van der Waals surface area contributed by atoms with Crippen LogP contribution >= 0.6 is 11.3 Å². The molecular weight excluding hydrogens is 280 g/mol. The van der Waals surface area contributed by atoms with Crippen LogP contribution in [0.25, 0.3) is 10.2 Å². The van der Waals surface area contributed by atoms with Crippen LogP contribution in [0, 0.1) is 0 Å². The Kier molecular flexibility index (Phi) is 3.55. The highest BCUT2D eigenvalue weighted by atomic mass is 32.1. The maximum atomic E-state index is 4.56. The number of nitrogens with zero attached hydrogens (tertiary/aromatic N) is 2. The smallest absolute Gasteiger partial charge is 0.138 e. The van der Waals surface area contributed by atoms with Crippen molar-refractivity contribution in [3.63, 3.8) is 0 Å². The van der Waals surface area contributed by atoms with Gasteiger partial charge in [-0.15, -0.1) is 11.3 Å². The van der Waals surface area contributed by atoms with E-state index in [0.717, 1.165) is 5.82 Å². The van der Waals surface area contributed by atoms with Crippen LogP contribution < -0.4 is 10.6 Å². The Morgan fingerprint density at radius 1 is 1.10 bits per heavy atom. The molecule has 21 heavy (non-hydrogen) atoms. The van der Waals surface area contributed by atoms with Gasteiger partial charge in [0.1, 0.15) is 17.0 Å². The summed E-state index contributed by atoms with van der Waals surface area (Å²) in [5, 5.41) is 8.42. The average Bonchev–Trinajstić information content (AvgIpc) is 3.09. The van der Waals surface area contributed by atoms with Crippen molar-refractivity contribution in [2.24, 2.45) is 0 Å². The molecule has 0 aliphatic heterocycles. The lowest BCUT2D eigenvalue weighted by molar-refractivity contribution is 0.371. The Labute approximate surface area is 129 Å². The van der Waals surface area contributed by atoms with Gasteiger partial charge in [-0.3, -0.25) is 0 Å². The van der Waals surface area contributed by atoms with E-state index in [9.17, 15) is 0 Å². The fraction of sp³-hybridized carbons (Fsp3) is 0.625. The average molecular weight is 302 g/mol. The summed E-state index contributed by atoms with van der Waals surface area (Å²) >= 11 is 1.87. The molecule has 2 N–H and O–H groups in total. The van der Waals surface area contributed by atoms with Gasteiger partial charge in [-0.2, -0.15) is 0 Å². The molecule has 2 aromatic heterocycles. The van der Waals surface area contributed by atoms with Crippen molar-refractivity contribution in [2.75, 3.05) is 12.4 Å². The Bertz CT molecular complexity index is 643. The third kappa shape index (κ3) is 2.42. The van der Waals surface area contributed by atoms with Crippen molar-refractivity contribution < 1.29 is 0 Å². The summed E-state index contributed by atoms with van der Waals surface area (Å²) < 4.78 is 0. The predicted octanol–water partition coefficient (Wildman–Crippen LogP) is 3.12. The molecule has 2 aliphatic rings. The van der Waals surface area contributed by atoms with Crippen LogP contribution in [0.5, 0.6) is 0 Å². The molecule has 4 rings (SSSR count). The van der Waals surface area contributed by atoms with E-state index in [1.54, 1.807) is 6.33 Å². The van der Waals surface area contributed by atoms with Gasteiger partial charge in [-0.05, 0) is 57.6 Å². The van der Waals surface area contributed by atoms with Crippen LogP contribution in [0.4, 0.5) is 5.82 Å². The summed E-state index contributed by atoms with van der Waals surface area (Å²) in [5.74, 6) is 1.08. The van der Waals surface area contributed by atoms with Crippen LogP contribution in [-0.4, -0.2) is 29.1 Å². The predicted molar refractivity (Wildman–Crippen MR) is 88.2 cm³/mol. The second kappa shape index (κ2) is 5.54. The van der Waals surface area contributed by atoms with Gasteiger partial charge in [0, 0.05) is 17.0 Å². The molecule has 5 heteroatoms. The molecule has 0 atom stereocenters. The first-order valence-corrected chi connectivity index (χ1v) is 8.86. The van der Waals surface area contributed by atoms with Crippen LogP contribution in [0.1, 0.15) is 42.5 Å². The maximum Gasteiger partial charge on any atom is 0.138 e. The number of rotatable bonds is 3. The molecule has 0 saturated heterocycles. The maximum absolute atomic E-state index is 4.56. The number of aryl methyl sites for hydroxylation is 2. The van der Waals surface area contributed by atoms with Crippen LogP contribution in [0.15, 0.2) is 6.33 Å². The van der Waals surface area contributed by atoms with Crippen LogP contribution in [0.2, 0.25) is 0 Å². The van der Waals surface area contributed by atoms with Gasteiger partial charge in [0.15, 0.2) is 0 Å². The lowest BCUT2D eigenvalue weighted by Crippen LogP contribution is -2.35. The first-order valence-electron chi connectivity index (χ1n) is 8.04. The fourth-order valence-electron chi connectivity index (χ4n) is 3.76. The highest BCUT2D eigenvalue weighted by Crippen LogP contribution is 2.39. The molecule has 1 fully saturated rings. The first-order chi connectivity index (χ1) is 10.3. The van der Waals surface area contributed by atoms with Crippen molar-refractivity contribution in [3.05, 3.63) is 16.8 Å². The number of hydrogen-bond acceptors (Lipinski definition) is 5. The van der Waals surface area contributed by atoms with E-state index in [2.05, 4.69) is 27.6 Å². The Morgan fingerprint density at radius 3 is 2.71 bits per heavy atom. The summed E-state index contributed by atoms with van der Waals surface area (Å²) in [6.07, 6.45) is 10.4. The van der Waals surface area contributed by atoms with Crippen molar-refractivity contribution in [1.29, 1.82) is 0 Å². The molecule has 2 aliphatic carbocycles. The zero-order valence-corrected chi connectivity index (χ0v) is 13.3. The number of anilines is 1. The van der Waals surface area contributed by atoms with Crippen molar-refractivity contribution in [1.82, 2.24) is 15.3 Å². The topological polar surface area (TPSA) is 49.8 Å². The quantitative estimate of drug-likeness (QED) is 0.914. The summed E-state index contributed by atoms with van der Waals surface area (Å²) in [5.41, 5.74) is 1.52. The minimum Gasteiger partial charge on any atom is -0.367 e. The van der Waals surface area contributed by atoms with E-state index in [1.807, 2.05) is 11.3 Å². The summed E-state index contributed by atoms with van der Waals surface area (Å²) in [7, 11) is 2.07. The van der Waals surface area contributed by atoms with Crippen molar-refractivity contribution in [2.45, 2.75) is 57.0 Å². The van der Waals surface area contributed by atoms with Crippen molar-refractivity contribution >= 4 is 27.4 Å². The molecule has 4 nitrogen and oxygen atoms in total. The molecule has 0 unspecified atom stereocenters. The lowest BCUT2D eigenvalue weighted by Gasteiger charge is -2.29. The van der Waals surface area contributed by atoms with Crippen LogP contribution in [-0.2, 0) is 12.8 Å². The van der Waals surface area contributed by atoms with Gasteiger partial charge >= 0.3 is 0 Å². The second-order valence-electron chi connectivity index (χ2n) is 6.24. The number of nitrogens with one attached hydrogen (secondary N) is 2. The summed E-state index contributed by atoms with van der Waals surface area (Å²) in [4.78, 5) is 11.7. The second-order valence-corrected chi connectivity index (χ2v) is 7.32. The van der Waals surface area contributed by atoms with E-state index in [0.29, 0.717) is 12.1 Å². The largest absolute Gasteiger partial charge is 0.367 e. The normalized spacial score (nSPS) is 25.2. The molecule has 2 aromatic rings. The summed E-state index contributed by atoms with van der Waals surface area (Å²) in [6, 6.07) is 1.25. The van der Waals surface area contributed by atoms with Gasteiger partial charge in [-0.25, -0.2) is 9.97 Å². The van der Waals surface area contributed by atoms with E-state index >= 15 is 0 Å². The number of hydrogen-bond donors (Lipinski definition) is 2. The van der Waals surface area contributed by atoms with E-state index in [4.69, 9.17) is 0 Å². The highest BCUT2D eigenvalue weighted by molar-refractivity contribution is 7.19.